The molecule has 0 amide bonds. The van der Waals surface area contributed by atoms with Crippen LogP contribution in [0, 0.1) is 0 Å². The third-order valence-corrected chi connectivity index (χ3v) is 6.43. The number of anilines is 1. The maximum atomic E-state index is 9.69. The van der Waals surface area contributed by atoms with Gasteiger partial charge in [0.2, 0.25) is 0 Å². The van der Waals surface area contributed by atoms with Gasteiger partial charge in [-0.3, -0.25) is 4.90 Å². The van der Waals surface area contributed by atoms with E-state index in [9.17, 15) is 5.11 Å². The first-order valence-electron chi connectivity index (χ1n) is 9.66. The van der Waals surface area contributed by atoms with Crippen molar-refractivity contribution in [2.24, 2.45) is 0 Å². The van der Waals surface area contributed by atoms with Crippen LogP contribution in [0.2, 0.25) is 0 Å². The van der Waals surface area contributed by atoms with E-state index in [0.717, 1.165) is 42.5 Å². The summed E-state index contributed by atoms with van der Waals surface area (Å²) in [5.41, 5.74) is 1.45. The van der Waals surface area contributed by atoms with E-state index in [1.165, 1.54) is 54.4 Å². The fraction of sp³-hybridized carbons (Fsp3) is 0.684. The number of aliphatic hydroxyl groups is 1. The van der Waals surface area contributed by atoms with Gasteiger partial charge in [-0.2, -0.15) is 0 Å². The van der Waals surface area contributed by atoms with Gasteiger partial charge in [0, 0.05) is 11.4 Å². The summed E-state index contributed by atoms with van der Waals surface area (Å²) in [5, 5.41) is 14.3. The van der Waals surface area contributed by atoms with Gasteiger partial charge in [-0.1, -0.05) is 6.42 Å². The summed E-state index contributed by atoms with van der Waals surface area (Å²) in [4.78, 5) is 14.9. The zero-order chi connectivity index (χ0) is 17.2. The number of fused-ring (bicyclic) bond motifs is 3. The Morgan fingerprint density at radius 1 is 1.12 bits per heavy atom. The summed E-state index contributed by atoms with van der Waals surface area (Å²) >= 11 is 1.85. The molecule has 0 bridgehead atoms. The van der Waals surface area contributed by atoms with E-state index in [2.05, 4.69) is 10.2 Å². The molecule has 5 nitrogen and oxygen atoms in total. The number of hydrogen-bond acceptors (Lipinski definition) is 6. The van der Waals surface area contributed by atoms with Crippen molar-refractivity contribution in [1.29, 1.82) is 0 Å². The molecule has 6 heteroatoms. The molecule has 3 heterocycles. The van der Waals surface area contributed by atoms with E-state index in [-0.39, 0.29) is 6.10 Å². The molecule has 0 unspecified atom stereocenters. The van der Waals surface area contributed by atoms with Crippen molar-refractivity contribution in [2.75, 3.05) is 25.0 Å². The molecule has 136 valence electrons. The third-order valence-electron chi connectivity index (χ3n) is 5.24. The Bertz CT molecular complexity index is 737. The number of nitrogens with zero attached hydrogens (tertiary/aromatic N) is 3. The zero-order valence-corrected chi connectivity index (χ0v) is 15.9. The summed E-state index contributed by atoms with van der Waals surface area (Å²) < 4.78 is 0. The number of piperidine rings is 1. The second-order valence-corrected chi connectivity index (χ2v) is 8.53. The van der Waals surface area contributed by atoms with Crippen LogP contribution in [0.15, 0.2) is 0 Å². The van der Waals surface area contributed by atoms with Crippen molar-refractivity contribution < 1.29 is 5.11 Å². The van der Waals surface area contributed by atoms with Gasteiger partial charge in [0.1, 0.15) is 16.5 Å². The molecule has 0 spiro atoms. The van der Waals surface area contributed by atoms with Crippen LogP contribution in [0.4, 0.5) is 5.82 Å². The molecule has 25 heavy (non-hydrogen) atoms. The molecule has 2 aromatic heterocycles. The minimum Gasteiger partial charge on any atom is -0.392 e. The van der Waals surface area contributed by atoms with Crippen molar-refractivity contribution in [3.05, 3.63) is 16.3 Å². The Hall–Kier alpha value is -1.24. The van der Waals surface area contributed by atoms with Crippen molar-refractivity contribution in [2.45, 2.75) is 64.5 Å². The Morgan fingerprint density at radius 3 is 2.72 bits per heavy atom. The molecule has 0 radical (unpaired) electrons. The highest BCUT2D eigenvalue weighted by Gasteiger charge is 2.22. The Morgan fingerprint density at radius 2 is 1.92 bits per heavy atom. The van der Waals surface area contributed by atoms with E-state index in [1.54, 1.807) is 0 Å². The zero-order valence-electron chi connectivity index (χ0n) is 15.1. The molecule has 1 atom stereocenters. The van der Waals surface area contributed by atoms with Crippen LogP contribution in [0.1, 0.15) is 55.3 Å². The van der Waals surface area contributed by atoms with Crippen LogP contribution in [-0.4, -0.2) is 45.7 Å². The molecule has 2 aromatic rings. The van der Waals surface area contributed by atoms with Crippen molar-refractivity contribution in [3.63, 3.8) is 0 Å². The molecular weight excluding hydrogens is 332 g/mol. The highest BCUT2D eigenvalue weighted by Crippen LogP contribution is 2.38. The Balaban J connectivity index is 1.69. The average Bonchev–Trinajstić information content (AvgIpc) is 2.99. The van der Waals surface area contributed by atoms with Gasteiger partial charge in [-0.05, 0) is 64.1 Å². The maximum absolute atomic E-state index is 9.69. The Kier molecular flexibility index (Phi) is 5.20. The van der Waals surface area contributed by atoms with E-state index < -0.39 is 0 Å². The minimum atomic E-state index is -0.384. The second kappa shape index (κ2) is 7.56. The lowest BCUT2D eigenvalue weighted by atomic mass is 9.97. The third kappa shape index (κ3) is 3.81. The molecule has 1 aliphatic carbocycles. The van der Waals surface area contributed by atoms with Crippen LogP contribution in [0.3, 0.4) is 0 Å². The van der Waals surface area contributed by atoms with E-state index in [0.29, 0.717) is 6.54 Å². The quantitative estimate of drug-likeness (QED) is 0.856. The normalized spacial score (nSPS) is 19.8. The highest BCUT2D eigenvalue weighted by molar-refractivity contribution is 7.19. The first kappa shape index (κ1) is 17.2. The number of thiophene rings is 1. The molecule has 1 aliphatic heterocycles. The maximum Gasteiger partial charge on any atom is 0.146 e. The van der Waals surface area contributed by atoms with E-state index in [1.807, 2.05) is 18.3 Å². The van der Waals surface area contributed by atoms with Gasteiger partial charge in [-0.25, -0.2) is 9.97 Å². The van der Waals surface area contributed by atoms with Gasteiger partial charge in [0.05, 0.1) is 18.0 Å². The molecule has 1 fully saturated rings. The molecule has 2 N–H and O–H groups in total. The van der Waals surface area contributed by atoms with Crippen molar-refractivity contribution in [3.8, 4) is 0 Å². The van der Waals surface area contributed by atoms with Gasteiger partial charge in [-0.15, -0.1) is 11.3 Å². The fourth-order valence-corrected chi connectivity index (χ4v) is 5.24. The number of nitrogens with one attached hydrogen (secondary N) is 1. The number of aryl methyl sites for hydroxylation is 2. The molecule has 4 rings (SSSR count). The lowest BCUT2D eigenvalue weighted by Gasteiger charge is -2.25. The van der Waals surface area contributed by atoms with E-state index >= 15 is 0 Å². The number of aromatic nitrogens is 2. The van der Waals surface area contributed by atoms with Crippen LogP contribution in [0.5, 0.6) is 0 Å². The molecular formula is C19H28N4OS. The lowest BCUT2D eigenvalue weighted by molar-refractivity contribution is 0.208. The lowest BCUT2D eigenvalue weighted by Crippen LogP contribution is -2.30. The number of aliphatic hydroxyl groups excluding tert-OH is 1. The predicted octanol–water partition coefficient (Wildman–Crippen LogP) is 3.35. The summed E-state index contributed by atoms with van der Waals surface area (Å²) in [6.45, 7) is 5.47. The van der Waals surface area contributed by atoms with Crippen molar-refractivity contribution >= 4 is 27.4 Å². The largest absolute Gasteiger partial charge is 0.392 e. The number of hydrogen-bond donors (Lipinski definition) is 2. The molecule has 0 aromatic carbocycles. The smallest absolute Gasteiger partial charge is 0.146 e. The first-order valence-corrected chi connectivity index (χ1v) is 10.5. The summed E-state index contributed by atoms with van der Waals surface area (Å²) in [6, 6.07) is 0. The second-order valence-electron chi connectivity index (χ2n) is 7.45. The van der Waals surface area contributed by atoms with Gasteiger partial charge in [0.25, 0.3) is 0 Å². The SMILES string of the molecule is C[C@@H](O)CNc1nc(CN2CCCCC2)nc2sc3c(c12)CCCC3. The summed E-state index contributed by atoms with van der Waals surface area (Å²) in [7, 11) is 0. The summed E-state index contributed by atoms with van der Waals surface area (Å²) in [5.74, 6) is 1.85. The number of likely N-dealkylation sites (tertiary alicyclic amines) is 1. The van der Waals surface area contributed by atoms with Crippen LogP contribution >= 0.6 is 11.3 Å². The van der Waals surface area contributed by atoms with Crippen LogP contribution in [0.25, 0.3) is 10.2 Å². The Labute approximate surface area is 153 Å². The van der Waals surface area contributed by atoms with Gasteiger partial charge >= 0.3 is 0 Å². The number of rotatable bonds is 5. The monoisotopic (exact) mass is 360 g/mol. The minimum absolute atomic E-state index is 0.384. The fourth-order valence-electron chi connectivity index (χ4n) is 3.96. The predicted molar refractivity (Wildman–Crippen MR) is 103 cm³/mol. The molecule has 2 aliphatic rings. The van der Waals surface area contributed by atoms with Gasteiger partial charge in [0.15, 0.2) is 0 Å². The standard InChI is InChI=1S/C19H28N4OS/c1-13(24)11-20-18-17-14-7-3-4-8-15(14)25-19(17)22-16(21-18)12-23-9-5-2-6-10-23/h13,24H,2-12H2,1H3,(H,20,21,22)/t13-/m1/s1. The van der Waals surface area contributed by atoms with Crippen molar-refractivity contribution in [1.82, 2.24) is 14.9 Å². The molecule has 1 saturated heterocycles. The average molecular weight is 361 g/mol. The molecule has 0 saturated carbocycles. The van der Waals surface area contributed by atoms with Gasteiger partial charge < -0.3 is 10.4 Å². The van der Waals surface area contributed by atoms with E-state index in [4.69, 9.17) is 9.97 Å². The topological polar surface area (TPSA) is 61.3 Å². The van der Waals surface area contributed by atoms with Crippen LogP contribution < -0.4 is 5.32 Å². The highest BCUT2D eigenvalue weighted by atomic mass is 32.1. The summed E-state index contributed by atoms with van der Waals surface area (Å²) in [6.07, 6.45) is 8.36. The van der Waals surface area contributed by atoms with Crippen LogP contribution in [-0.2, 0) is 19.4 Å². The first-order chi connectivity index (χ1) is 12.2.